The van der Waals surface area contributed by atoms with Gasteiger partial charge >= 0.3 is 14.6 Å². The minimum Gasteiger partial charge on any atom is -0.466 e. The molecule has 0 unspecified atom stereocenters. The van der Waals surface area contributed by atoms with E-state index < -0.39 is 8.60 Å². The molecule has 0 aliphatic carbocycles. The van der Waals surface area contributed by atoms with Crippen molar-refractivity contribution in [1.29, 1.82) is 0 Å². The smallest absolute Gasteiger partial charge is 0.329 e. The minimum atomic E-state index is -1.58. The van der Waals surface area contributed by atoms with Crippen LogP contribution >= 0.6 is 8.60 Å². The number of hydrogen-bond acceptors (Lipinski definition) is 5. The summed E-state index contributed by atoms with van der Waals surface area (Å²) in [6.07, 6.45) is 0.480. The number of ether oxygens (including phenoxy) is 1. The summed E-state index contributed by atoms with van der Waals surface area (Å²) in [4.78, 5) is 18.9. The fourth-order valence-corrected chi connectivity index (χ4v) is 1.04. The fraction of sp³-hybridized carbons (Fsp3) is 0.889. The van der Waals surface area contributed by atoms with E-state index in [9.17, 15) is 4.79 Å². The molecule has 0 radical (unpaired) electrons. The Labute approximate surface area is 92.7 Å². The van der Waals surface area contributed by atoms with Gasteiger partial charge in [0.2, 0.25) is 0 Å². The van der Waals surface area contributed by atoms with Gasteiger partial charge in [-0.3, -0.25) is 4.79 Å². The molecule has 15 heavy (non-hydrogen) atoms. The van der Waals surface area contributed by atoms with Crippen LogP contribution in [0.5, 0.6) is 0 Å². The number of esters is 1. The Morgan fingerprint density at radius 3 is 1.73 bits per heavy atom. The maximum absolute atomic E-state index is 10.2. The Morgan fingerprint density at radius 1 is 1.07 bits per heavy atom. The van der Waals surface area contributed by atoms with Gasteiger partial charge in [0, 0.05) is 6.42 Å². The van der Waals surface area contributed by atoms with E-state index in [0.717, 1.165) is 0 Å². The standard InChI is InChI=1S/C5H10O2.C4H11O3P/c1-3-5(6)7-4-2;1-3-6-8(5)7-4-2/h3-4H2,1-2H3;5H,3-4H2,1-2H3. The lowest BCUT2D eigenvalue weighted by Gasteiger charge is -2.05. The quantitative estimate of drug-likeness (QED) is 0.569. The first kappa shape index (κ1) is 17.2. The Bertz CT molecular complexity index is 136. The second-order valence-corrected chi connectivity index (χ2v) is 3.22. The summed E-state index contributed by atoms with van der Waals surface area (Å²) in [6, 6.07) is 0. The molecule has 0 aromatic rings. The lowest BCUT2D eigenvalue weighted by molar-refractivity contribution is -0.142. The van der Waals surface area contributed by atoms with Gasteiger partial charge in [0.1, 0.15) is 0 Å². The average molecular weight is 240 g/mol. The average Bonchev–Trinajstić information content (AvgIpc) is 2.20. The first-order chi connectivity index (χ1) is 7.12. The summed E-state index contributed by atoms with van der Waals surface area (Å²) in [6.45, 7) is 8.69. The number of carbonyl (C=O) groups excluding carboxylic acids is 1. The highest BCUT2D eigenvalue weighted by Crippen LogP contribution is 2.31. The zero-order valence-electron chi connectivity index (χ0n) is 9.86. The van der Waals surface area contributed by atoms with Gasteiger partial charge in [-0.15, -0.1) is 0 Å². The summed E-state index contributed by atoms with van der Waals surface area (Å²) < 4.78 is 13.9. The van der Waals surface area contributed by atoms with Crippen molar-refractivity contribution in [3.63, 3.8) is 0 Å². The molecular formula is C9H21O5P. The lowest BCUT2D eigenvalue weighted by atomic mass is 10.5. The summed E-state index contributed by atoms with van der Waals surface area (Å²) in [5, 5.41) is 0. The summed E-state index contributed by atoms with van der Waals surface area (Å²) in [7, 11) is -1.58. The minimum absolute atomic E-state index is 0.123. The third-order valence-electron chi connectivity index (χ3n) is 1.07. The van der Waals surface area contributed by atoms with Crippen molar-refractivity contribution in [2.45, 2.75) is 34.1 Å². The van der Waals surface area contributed by atoms with Crippen LogP contribution < -0.4 is 0 Å². The van der Waals surface area contributed by atoms with Gasteiger partial charge in [0.15, 0.2) is 0 Å². The largest absolute Gasteiger partial charge is 0.466 e. The van der Waals surface area contributed by atoms with Gasteiger partial charge in [-0.05, 0) is 20.8 Å². The molecule has 0 saturated heterocycles. The van der Waals surface area contributed by atoms with Crippen LogP contribution in [0.15, 0.2) is 0 Å². The molecule has 0 atom stereocenters. The monoisotopic (exact) mass is 240 g/mol. The van der Waals surface area contributed by atoms with Crippen molar-refractivity contribution in [3.05, 3.63) is 0 Å². The molecule has 0 spiro atoms. The van der Waals surface area contributed by atoms with E-state index in [0.29, 0.717) is 26.2 Å². The molecule has 5 nitrogen and oxygen atoms in total. The number of rotatable bonds is 6. The normalized spacial score (nSPS) is 9.47. The van der Waals surface area contributed by atoms with Crippen molar-refractivity contribution < 1.29 is 23.5 Å². The summed E-state index contributed by atoms with van der Waals surface area (Å²) in [5.41, 5.74) is 0. The van der Waals surface area contributed by atoms with Crippen molar-refractivity contribution in [1.82, 2.24) is 0 Å². The molecule has 0 rings (SSSR count). The maximum Gasteiger partial charge on any atom is 0.329 e. The first-order valence-electron chi connectivity index (χ1n) is 5.02. The van der Waals surface area contributed by atoms with Crippen LogP contribution in [0.3, 0.4) is 0 Å². The molecule has 92 valence electrons. The van der Waals surface area contributed by atoms with E-state index in [-0.39, 0.29) is 5.97 Å². The van der Waals surface area contributed by atoms with Crippen LogP contribution in [0, 0.1) is 0 Å². The molecule has 0 amide bonds. The van der Waals surface area contributed by atoms with Crippen molar-refractivity contribution in [2.24, 2.45) is 0 Å². The van der Waals surface area contributed by atoms with Crippen molar-refractivity contribution in [2.75, 3.05) is 19.8 Å². The molecule has 1 N–H and O–H groups in total. The lowest BCUT2D eigenvalue weighted by Crippen LogP contribution is -2.00. The number of carbonyl (C=O) groups is 1. The maximum atomic E-state index is 10.2. The van der Waals surface area contributed by atoms with E-state index in [4.69, 9.17) is 4.89 Å². The van der Waals surface area contributed by atoms with Crippen molar-refractivity contribution >= 4 is 14.6 Å². The summed E-state index contributed by atoms with van der Waals surface area (Å²) in [5.74, 6) is -0.123. The van der Waals surface area contributed by atoms with E-state index in [1.165, 1.54) is 0 Å². The predicted molar refractivity (Wildman–Crippen MR) is 59.3 cm³/mol. The second kappa shape index (κ2) is 13.8. The van der Waals surface area contributed by atoms with Crippen LogP contribution in [0.4, 0.5) is 0 Å². The third kappa shape index (κ3) is 16.5. The highest BCUT2D eigenvalue weighted by molar-refractivity contribution is 7.40. The highest BCUT2D eigenvalue weighted by Gasteiger charge is 2.00. The van der Waals surface area contributed by atoms with E-state index in [1.807, 2.05) is 13.8 Å². The molecule has 0 aliphatic heterocycles. The van der Waals surface area contributed by atoms with Crippen LogP contribution in [-0.2, 0) is 18.6 Å². The van der Waals surface area contributed by atoms with Gasteiger partial charge in [0.25, 0.3) is 0 Å². The molecule has 0 heterocycles. The van der Waals surface area contributed by atoms with Crippen LogP contribution in [0.25, 0.3) is 0 Å². The molecule has 0 saturated carbocycles. The third-order valence-corrected chi connectivity index (χ3v) is 2.03. The zero-order chi connectivity index (χ0) is 12.1. The van der Waals surface area contributed by atoms with Gasteiger partial charge < -0.3 is 18.7 Å². The Kier molecular flexibility index (Phi) is 15.8. The van der Waals surface area contributed by atoms with Gasteiger partial charge in [0.05, 0.1) is 19.8 Å². The molecule has 6 heteroatoms. The van der Waals surface area contributed by atoms with Crippen LogP contribution in [0.1, 0.15) is 34.1 Å². The zero-order valence-corrected chi connectivity index (χ0v) is 10.8. The molecule has 0 fully saturated rings. The molecule has 0 bridgehead atoms. The van der Waals surface area contributed by atoms with Gasteiger partial charge in [-0.1, -0.05) is 6.92 Å². The predicted octanol–water partition coefficient (Wildman–Crippen LogP) is 2.24. The van der Waals surface area contributed by atoms with Gasteiger partial charge in [-0.2, -0.15) is 0 Å². The SMILES string of the molecule is CCOC(=O)CC.CCOP(O)OCC. The second-order valence-electron chi connectivity index (χ2n) is 2.23. The highest BCUT2D eigenvalue weighted by atomic mass is 31.2. The molecule has 0 aromatic heterocycles. The first-order valence-corrected chi connectivity index (χ1v) is 6.15. The van der Waals surface area contributed by atoms with E-state index in [2.05, 4.69) is 13.8 Å². The molecule has 0 aromatic carbocycles. The van der Waals surface area contributed by atoms with E-state index >= 15 is 0 Å². The fourth-order valence-electron chi connectivity index (χ4n) is 0.521. The Balaban J connectivity index is 0. The molecule has 0 aliphatic rings. The number of hydrogen-bond donors (Lipinski definition) is 1. The van der Waals surface area contributed by atoms with Crippen molar-refractivity contribution in [3.8, 4) is 0 Å². The van der Waals surface area contributed by atoms with Crippen LogP contribution in [-0.4, -0.2) is 30.7 Å². The van der Waals surface area contributed by atoms with Crippen LogP contribution in [0.2, 0.25) is 0 Å². The Morgan fingerprint density at radius 2 is 1.53 bits per heavy atom. The molecular weight excluding hydrogens is 219 g/mol. The van der Waals surface area contributed by atoms with E-state index in [1.54, 1.807) is 13.8 Å². The van der Waals surface area contributed by atoms with Gasteiger partial charge in [-0.25, -0.2) is 0 Å². The Hall–Kier alpha value is -0.220. The summed E-state index contributed by atoms with van der Waals surface area (Å²) >= 11 is 0. The topological polar surface area (TPSA) is 65.0 Å².